The molecule has 2 rings (SSSR count). The van der Waals surface area contributed by atoms with E-state index in [0.29, 0.717) is 18.7 Å². The Morgan fingerprint density at radius 1 is 1.25 bits per heavy atom. The Hall–Kier alpha value is -2.41. The molecule has 0 unspecified atom stereocenters. The number of nitrogens with zero attached hydrogens (tertiary/aromatic N) is 2. The highest BCUT2D eigenvalue weighted by Gasteiger charge is 2.11. The number of anilines is 1. The molecule has 0 saturated heterocycles. The van der Waals surface area contributed by atoms with Crippen LogP contribution in [0.15, 0.2) is 30.5 Å². The van der Waals surface area contributed by atoms with Crippen molar-refractivity contribution >= 4 is 29.0 Å². The smallest absolute Gasteiger partial charge is 0.319 e. The molecule has 128 valence electrons. The Bertz CT molecular complexity index is 712. The molecule has 1 heterocycles. The number of aromatic nitrogens is 1. The standard InChI is InChI=1S/C17H22N4O2S/c1-12-11-19-15(24-12)8-9-18-17(23)20-14-7-5-4-6-13(14)10-16(22)21(2)3/h4-7,11H,8-10H2,1-3H3,(H2,18,20,23). The van der Waals surface area contributed by atoms with Crippen LogP contribution in [0.25, 0.3) is 0 Å². The molecule has 6 nitrogen and oxygen atoms in total. The molecule has 24 heavy (non-hydrogen) atoms. The molecule has 2 N–H and O–H groups in total. The Morgan fingerprint density at radius 3 is 2.67 bits per heavy atom. The fourth-order valence-corrected chi connectivity index (χ4v) is 2.87. The SMILES string of the molecule is Cc1cnc(CCNC(=O)Nc2ccccc2CC(=O)N(C)C)s1. The average molecular weight is 346 g/mol. The number of rotatable bonds is 6. The predicted octanol–water partition coefficient (Wildman–Crippen LogP) is 2.45. The molecular weight excluding hydrogens is 324 g/mol. The summed E-state index contributed by atoms with van der Waals surface area (Å²) in [5.41, 5.74) is 1.44. The Morgan fingerprint density at radius 2 is 2.00 bits per heavy atom. The monoisotopic (exact) mass is 346 g/mol. The zero-order chi connectivity index (χ0) is 17.5. The van der Waals surface area contributed by atoms with Gasteiger partial charge in [-0.05, 0) is 18.6 Å². The molecule has 0 aliphatic carbocycles. The summed E-state index contributed by atoms with van der Waals surface area (Å²) in [5.74, 6) is -0.0104. The van der Waals surface area contributed by atoms with Gasteiger partial charge in [0.2, 0.25) is 5.91 Å². The van der Waals surface area contributed by atoms with Crippen LogP contribution in [-0.4, -0.2) is 42.5 Å². The van der Waals surface area contributed by atoms with Crippen molar-refractivity contribution in [2.45, 2.75) is 19.8 Å². The van der Waals surface area contributed by atoms with Crippen LogP contribution in [0, 0.1) is 6.92 Å². The van der Waals surface area contributed by atoms with Crippen molar-refractivity contribution in [3.8, 4) is 0 Å². The normalized spacial score (nSPS) is 10.3. The summed E-state index contributed by atoms with van der Waals surface area (Å²) >= 11 is 1.63. The van der Waals surface area contributed by atoms with E-state index in [4.69, 9.17) is 0 Å². The van der Waals surface area contributed by atoms with Gasteiger partial charge in [-0.15, -0.1) is 11.3 Å². The number of benzene rings is 1. The number of hydrogen-bond donors (Lipinski definition) is 2. The number of para-hydroxylation sites is 1. The maximum Gasteiger partial charge on any atom is 0.319 e. The third-order valence-electron chi connectivity index (χ3n) is 3.40. The van der Waals surface area contributed by atoms with Crippen LogP contribution >= 0.6 is 11.3 Å². The highest BCUT2D eigenvalue weighted by atomic mass is 32.1. The first kappa shape index (κ1) is 17.9. The van der Waals surface area contributed by atoms with Gasteiger partial charge in [-0.25, -0.2) is 9.78 Å². The number of likely N-dealkylation sites (N-methyl/N-ethyl adjacent to an activating group) is 1. The van der Waals surface area contributed by atoms with E-state index in [1.165, 1.54) is 4.90 Å². The molecule has 7 heteroatoms. The number of urea groups is 1. The third-order valence-corrected chi connectivity index (χ3v) is 4.37. The van der Waals surface area contributed by atoms with Gasteiger partial charge in [-0.1, -0.05) is 18.2 Å². The van der Waals surface area contributed by atoms with Crippen LogP contribution in [0.1, 0.15) is 15.4 Å². The van der Waals surface area contributed by atoms with Gasteiger partial charge in [-0.2, -0.15) is 0 Å². The van der Waals surface area contributed by atoms with Crippen molar-refractivity contribution in [3.63, 3.8) is 0 Å². The molecule has 2 aromatic rings. The minimum Gasteiger partial charge on any atom is -0.349 e. The van der Waals surface area contributed by atoms with Crippen molar-refractivity contribution in [2.75, 3.05) is 26.0 Å². The lowest BCUT2D eigenvalue weighted by Crippen LogP contribution is -2.31. The summed E-state index contributed by atoms with van der Waals surface area (Å²) in [6.07, 6.45) is 2.78. The highest BCUT2D eigenvalue weighted by Crippen LogP contribution is 2.16. The number of thiazole rings is 1. The van der Waals surface area contributed by atoms with E-state index in [2.05, 4.69) is 15.6 Å². The van der Waals surface area contributed by atoms with E-state index in [1.54, 1.807) is 31.5 Å². The van der Waals surface area contributed by atoms with E-state index in [1.807, 2.05) is 31.3 Å². The van der Waals surface area contributed by atoms with Gasteiger partial charge in [0.05, 0.1) is 11.4 Å². The second-order valence-electron chi connectivity index (χ2n) is 5.62. The van der Waals surface area contributed by atoms with Crippen LogP contribution in [0.5, 0.6) is 0 Å². The van der Waals surface area contributed by atoms with Gasteiger partial charge in [0.25, 0.3) is 0 Å². The lowest BCUT2D eigenvalue weighted by Gasteiger charge is -2.14. The molecule has 3 amide bonds. The molecule has 0 spiro atoms. The Labute approximate surface area is 145 Å². The maximum absolute atomic E-state index is 12.0. The molecule has 1 aromatic carbocycles. The minimum atomic E-state index is -0.284. The first-order valence-electron chi connectivity index (χ1n) is 7.70. The predicted molar refractivity (Wildman–Crippen MR) is 96.4 cm³/mol. The first-order chi connectivity index (χ1) is 11.5. The first-order valence-corrected chi connectivity index (χ1v) is 8.51. The third kappa shape index (κ3) is 5.34. The molecule has 0 fully saturated rings. The van der Waals surface area contributed by atoms with Gasteiger partial charge < -0.3 is 15.5 Å². The van der Waals surface area contributed by atoms with Crippen LogP contribution < -0.4 is 10.6 Å². The van der Waals surface area contributed by atoms with Crippen LogP contribution in [0.4, 0.5) is 10.5 Å². The fourth-order valence-electron chi connectivity index (χ4n) is 2.08. The maximum atomic E-state index is 12.0. The van der Waals surface area contributed by atoms with E-state index in [-0.39, 0.29) is 18.4 Å². The zero-order valence-electron chi connectivity index (χ0n) is 14.1. The molecule has 0 aliphatic rings. The molecule has 0 saturated carbocycles. The number of nitrogens with one attached hydrogen (secondary N) is 2. The lowest BCUT2D eigenvalue weighted by atomic mass is 10.1. The van der Waals surface area contributed by atoms with Gasteiger partial charge in [-0.3, -0.25) is 4.79 Å². The number of amides is 3. The Kier molecular flexibility index (Phi) is 6.31. The fraction of sp³-hybridized carbons (Fsp3) is 0.353. The quantitative estimate of drug-likeness (QED) is 0.844. The van der Waals surface area contributed by atoms with E-state index >= 15 is 0 Å². The van der Waals surface area contributed by atoms with E-state index in [9.17, 15) is 9.59 Å². The molecule has 0 radical (unpaired) electrons. The summed E-state index contributed by atoms with van der Waals surface area (Å²) in [6, 6.07) is 7.04. The average Bonchev–Trinajstić information content (AvgIpc) is 2.94. The van der Waals surface area contributed by atoms with Crippen molar-refractivity contribution in [1.82, 2.24) is 15.2 Å². The van der Waals surface area contributed by atoms with Crippen molar-refractivity contribution in [1.29, 1.82) is 0 Å². The van der Waals surface area contributed by atoms with E-state index < -0.39 is 0 Å². The zero-order valence-corrected chi connectivity index (χ0v) is 14.9. The topological polar surface area (TPSA) is 74.3 Å². The van der Waals surface area contributed by atoms with Gasteiger partial charge in [0.15, 0.2) is 0 Å². The van der Waals surface area contributed by atoms with Crippen LogP contribution in [0.2, 0.25) is 0 Å². The number of aryl methyl sites for hydroxylation is 1. The molecule has 0 aliphatic heterocycles. The molecule has 0 bridgehead atoms. The molecule has 1 aromatic heterocycles. The summed E-state index contributed by atoms with van der Waals surface area (Å²) in [5, 5.41) is 6.63. The summed E-state index contributed by atoms with van der Waals surface area (Å²) in [6.45, 7) is 2.52. The number of carbonyl (C=O) groups excluding carboxylic acids is 2. The number of hydrogen-bond acceptors (Lipinski definition) is 4. The number of carbonyl (C=O) groups is 2. The summed E-state index contributed by atoms with van der Waals surface area (Å²) in [4.78, 5) is 30.9. The van der Waals surface area contributed by atoms with Crippen LogP contribution in [0.3, 0.4) is 0 Å². The van der Waals surface area contributed by atoms with Crippen molar-refractivity contribution < 1.29 is 9.59 Å². The van der Waals surface area contributed by atoms with E-state index in [0.717, 1.165) is 15.4 Å². The lowest BCUT2D eigenvalue weighted by molar-refractivity contribution is -0.127. The van der Waals surface area contributed by atoms with Crippen LogP contribution in [-0.2, 0) is 17.6 Å². The molecule has 0 atom stereocenters. The minimum absolute atomic E-state index is 0.0104. The Balaban J connectivity index is 1.88. The summed E-state index contributed by atoms with van der Waals surface area (Å²) < 4.78 is 0. The van der Waals surface area contributed by atoms with Gasteiger partial charge in [0, 0.05) is 43.8 Å². The highest BCUT2D eigenvalue weighted by molar-refractivity contribution is 7.11. The second-order valence-corrected chi connectivity index (χ2v) is 6.94. The largest absolute Gasteiger partial charge is 0.349 e. The molecular formula is C17H22N4O2S. The van der Waals surface area contributed by atoms with Crippen molar-refractivity contribution in [2.24, 2.45) is 0 Å². The second kappa shape index (κ2) is 8.44. The van der Waals surface area contributed by atoms with Crippen molar-refractivity contribution in [3.05, 3.63) is 45.9 Å². The van der Waals surface area contributed by atoms with Gasteiger partial charge >= 0.3 is 6.03 Å². The summed E-state index contributed by atoms with van der Waals surface area (Å²) in [7, 11) is 3.43. The van der Waals surface area contributed by atoms with Gasteiger partial charge in [0.1, 0.15) is 0 Å².